The van der Waals surface area contributed by atoms with Gasteiger partial charge in [0.05, 0.1) is 4.92 Å². The van der Waals surface area contributed by atoms with Gasteiger partial charge in [0.1, 0.15) is 5.54 Å². The van der Waals surface area contributed by atoms with Crippen LogP contribution >= 0.6 is 0 Å². The summed E-state index contributed by atoms with van der Waals surface area (Å²) in [5.74, 6) is -1.53. The number of carboxylic acids is 1. The molecular weight excluding hydrogens is 300 g/mol. The van der Waals surface area contributed by atoms with E-state index in [0.717, 1.165) is 25.7 Å². The van der Waals surface area contributed by atoms with Crippen LogP contribution in [0.25, 0.3) is 0 Å². The number of nitro benzene ring substituents is 1. The number of carboxylic acid groups (broad SMARTS) is 1. The van der Waals surface area contributed by atoms with Crippen molar-refractivity contribution in [2.45, 2.75) is 51.0 Å². The zero-order valence-corrected chi connectivity index (χ0v) is 13.0. The van der Waals surface area contributed by atoms with E-state index >= 15 is 0 Å². The van der Waals surface area contributed by atoms with Crippen molar-refractivity contribution in [3.05, 3.63) is 39.4 Å². The molecule has 7 heteroatoms. The lowest BCUT2D eigenvalue weighted by molar-refractivity contribution is -0.385. The Morgan fingerprint density at radius 2 is 1.83 bits per heavy atom. The van der Waals surface area contributed by atoms with Gasteiger partial charge in [-0.15, -0.1) is 0 Å². The molecule has 1 aromatic rings. The normalized spacial score (nSPS) is 17.1. The topological polar surface area (TPSA) is 110 Å². The van der Waals surface area contributed by atoms with Crippen molar-refractivity contribution >= 4 is 17.6 Å². The molecule has 0 aliphatic heterocycles. The molecule has 23 heavy (non-hydrogen) atoms. The Morgan fingerprint density at radius 3 is 2.30 bits per heavy atom. The van der Waals surface area contributed by atoms with Crippen LogP contribution in [0.1, 0.15) is 54.4 Å². The molecule has 1 aliphatic carbocycles. The summed E-state index contributed by atoms with van der Waals surface area (Å²) in [7, 11) is 0. The first-order valence-corrected chi connectivity index (χ1v) is 7.67. The first-order chi connectivity index (χ1) is 10.9. The molecule has 124 valence electrons. The van der Waals surface area contributed by atoms with E-state index < -0.39 is 22.3 Å². The molecule has 0 unspecified atom stereocenters. The predicted molar refractivity (Wildman–Crippen MR) is 83.4 cm³/mol. The van der Waals surface area contributed by atoms with Crippen LogP contribution in [-0.4, -0.2) is 27.4 Å². The number of aryl methyl sites for hydroxylation is 1. The smallest absolute Gasteiger partial charge is 0.329 e. The Morgan fingerprint density at radius 1 is 1.22 bits per heavy atom. The number of nitrogens with zero attached hydrogens (tertiary/aromatic N) is 1. The number of aliphatic carboxylic acids is 1. The molecule has 0 heterocycles. The molecule has 7 nitrogen and oxygen atoms in total. The van der Waals surface area contributed by atoms with Crippen LogP contribution in [-0.2, 0) is 4.79 Å². The zero-order chi connectivity index (χ0) is 17.0. The second-order valence-electron chi connectivity index (χ2n) is 6.01. The number of nitrogens with one attached hydrogen (secondary N) is 1. The van der Waals surface area contributed by atoms with E-state index in [1.807, 2.05) is 0 Å². The standard InChI is InChI=1S/C16H20N2O5/c1-11-10-12(6-7-13(11)18(22)23)14(19)17-16(15(20)21)8-4-2-3-5-9-16/h6-7,10H,2-5,8-9H2,1H3,(H,17,19)(H,20,21). The van der Waals surface area contributed by atoms with Crippen LogP contribution in [0.15, 0.2) is 18.2 Å². The molecule has 2 N–H and O–H groups in total. The number of hydrogen-bond donors (Lipinski definition) is 2. The number of carbonyl (C=O) groups excluding carboxylic acids is 1. The van der Waals surface area contributed by atoms with Crippen molar-refractivity contribution < 1.29 is 19.6 Å². The van der Waals surface area contributed by atoms with Gasteiger partial charge in [-0.05, 0) is 31.9 Å². The van der Waals surface area contributed by atoms with Crippen LogP contribution in [0.2, 0.25) is 0 Å². The highest BCUT2D eigenvalue weighted by Gasteiger charge is 2.40. The van der Waals surface area contributed by atoms with Gasteiger partial charge in [0, 0.05) is 17.2 Å². The Balaban J connectivity index is 2.23. The third kappa shape index (κ3) is 3.67. The van der Waals surface area contributed by atoms with Gasteiger partial charge in [-0.2, -0.15) is 0 Å². The van der Waals surface area contributed by atoms with E-state index in [4.69, 9.17) is 0 Å². The highest BCUT2D eigenvalue weighted by molar-refractivity contribution is 5.98. The summed E-state index contributed by atoms with van der Waals surface area (Å²) in [6, 6.07) is 4.04. The van der Waals surface area contributed by atoms with Crippen molar-refractivity contribution in [3.63, 3.8) is 0 Å². The quantitative estimate of drug-likeness (QED) is 0.503. The molecule has 0 atom stereocenters. The van der Waals surface area contributed by atoms with E-state index in [9.17, 15) is 24.8 Å². The van der Waals surface area contributed by atoms with Crippen LogP contribution < -0.4 is 5.32 Å². The maximum Gasteiger partial charge on any atom is 0.329 e. The van der Waals surface area contributed by atoms with Crippen LogP contribution in [0.3, 0.4) is 0 Å². The Hall–Kier alpha value is -2.44. The van der Waals surface area contributed by atoms with Crippen LogP contribution in [0.5, 0.6) is 0 Å². The molecule has 1 amide bonds. The van der Waals surface area contributed by atoms with Gasteiger partial charge < -0.3 is 10.4 Å². The fraction of sp³-hybridized carbons (Fsp3) is 0.500. The lowest BCUT2D eigenvalue weighted by Crippen LogP contribution is -2.54. The van der Waals surface area contributed by atoms with Gasteiger partial charge in [0.15, 0.2) is 0 Å². The molecule has 0 aromatic heterocycles. The third-order valence-electron chi connectivity index (χ3n) is 4.37. The third-order valence-corrected chi connectivity index (χ3v) is 4.37. The summed E-state index contributed by atoms with van der Waals surface area (Å²) in [6.45, 7) is 1.55. The van der Waals surface area contributed by atoms with Crippen LogP contribution in [0.4, 0.5) is 5.69 Å². The average Bonchev–Trinajstić information content (AvgIpc) is 2.73. The monoisotopic (exact) mass is 320 g/mol. The number of hydrogen-bond acceptors (Lipinski definition) is 4. The van der Waals surface area contributed by atoms with E-state index in [-0.39, 0.29) is 11.3 Å². The van der Waals surface area contributed by atoms with E-state index in [1.54, 1.807) is 6.92 Å². The van der Waals surface area contributed by atoms with Gasteiger partial charge in [-0.1, -0.05) is 25.7 Å². The molecule has 1 aliphatic rings. The van der Waals surface area contributed by atoms with E-state index in [2.05, 4.69) is 5.32 Å². The average molecular weight is 320 g/mol. The molecule has 1 saturated carbocycles. The maximum absolute atomic E-state index is 12.4. The summed E-state index contributed by atoms with van der Waals surface area (Å²) in [6.07, 6.45) is 4.24. The fourth-order valence-corrected chi connectivity index (χ4v) is 3.02. The van der Waals surface area contributed by atoms with Gasteiger partial charge in [-0.25, -0.2) is 4.79 Å². The lowest BCUT2D eigenvalue weighted by Gasteiger charge is -2.29. The summed E-state index contributed by atoms with van der Waals surface area (Å²) >= 11 is 0. The summed E-state index contributed by atoms with van der Waals surface area (Å²) in [5, 5.41) is 23.1. The van der Waals surface area contributed by atoms with Gasteiger partial charge in [-0.3, -0.25) is 14.9 Å². The van der Waals surface area contributed by atoms with E-state index in [1.165, 1.54) is 18.2 Å². The van der Waals surface area contributed by atoms with Crippen molar-refractivity contribution in [3.8, 4) is 0 Å². The molecule has 2 rings (SSSR count). The number of nitro groups is 1. The second-order valence-corrected chi connectivity index (χ2v) is 6.01. The van der Waals surface area contributed by atoms with Crippen molar-refractivity contribution in [2.24, 2.45) is 0 Å². The maximum atomic E-state index is 12.4. The SMILES string of the molecule is Cc1cc(C(=O)NC2(C(=O)O)CCCCCC2)ccc1[N+](=O)[O-]. The highest BCUT2D eigenvalue weighted by atomic mass is 16.6. The lowest BCUT2D eigenvalue weighted by atomic mass is 9.89. The molecule has 0 spiro atoms. The zero-order valence-electron chi connectivity index (χ0n) is 13.0. The van der Waals surface area contributed by atoms with Crippen LogP contribution in [0, 0.1) is 17.0 Å². The Bertz CT molecular complexity index is 633. The molecular formula is C16H20N2O5. The fourth-order valence-electron chi connectivity index (χ4n) is 3.02. The molecule has 0 saturated heterocycles. The Kier molecular flexibility index (Phi) is 4.98. The van der Waals surface area contributed by atoms with Crippen molar-refractivity contribution in [1.29, 1.82) is 0 Å². The van der Waals surface area contributed by atoms with E-state index in [0.29, 0.717) is 18.4 Å². The van der Waals surface area contributed by atoms with Gasteiger partial charge >= 0.3 is 5.97 Å². The number of rotatable bonds is 4. The van der Waals surface area contributed by atoms with Gasteiger partial charge in [0.25, 0.3) is 11.6 Å². The minimum atomic E-state index is -1.25. The Labute approximate surface area is 133 Å². The largest absolute Gasteiger partial charge is 0.480 e. The number of carbonyl (C=O) groups is 2. The minimum Gasteiger partial charge on any atom is -0.480 e. The van der Waals surface area contributed by atoms with Gasteiger partial charge in [0.2, 0.25) is 0 Å². The highest BCUT2D eigenvalue weighted by Crippen LogP contribution is 2.28. The first-order valence-electron chi connectivity index (χ1n) is 7.67. The summed E-state index contributed by atoms with van der Waals surface area (Å²) in [4.78, 5) is 34.4. The molecule has 1 fully saturated rings. The number of amides is 1. The summed E-state index contributed by atoms with van der Waals surface area (Å²) < 4.78 is 0. The second kappa shape index (κ2) is 6.76. The van der Waals surface area contributed by atoms with Crippen molar-refractivity contribution in [2.75, 3.05) is 0 Å². The summed E-state index contributed by atoms with van der Waals surface area (Å²) in [5.41, 5.74) is -0.710. The molecule has 1 aromatic carbocycles. The molecule has 0 radical (unpaired) electrons. The number of benzene rings is 1. The first kappa shape index (κ1) is 16.9. The molecule has 0 bridgehead atoms. The predicted octanol–water partition coefficient (Wildman–Crippen LogP) is 2.81. The minimum absolute atomic E-state index is 0.0658. The van der Waals surface area contributed by atoms with Crippen molar-refractivity contribution in [1.82, 2.24) is 5.32 Å².